The number of phenols is 1. The molecule has 8 heteroatoms. The summed E-state index contributed by atoms with van der Waals surface area (Å²) in [5.74, 6) is 5.09. The van der Waals surface area contributed by atoms with Crippen molar-refractivity contribution < 1.29 is 18.3 Å². The Labute approximate surface area is 146 Å². The molecule has 0 amide bonds. The fourth-order valence-corrected chi connectivity index (χ4v) is 2.38. The minimum atomic E-state index is -4.68. The van der Waals surface area contributed by atoms with Crippen LogP contribution in [-0.4, -0.2) is 20.8 Å². The van der Waals surface area contributed by atoms with Crippen LogP contribution in [-0.2, 0) is 6.18 Å². The maximum absolute atomic E-state index is 13.3. The van der Waals surface area contributed by atoms with Crippen molar-refractivity contribution in [1.82, 2.24) is 9.97 Å². The lowest BCUT2D eigenvalue weighted by Gasteiger charge is -2.12. The third-order valence-electron chi connectivity index (χ3n) is 3.58. The number of benzene rings is 2. The lowest BCUT2D eigenvalue weighted by molar-refractivity contribution is -0.141. The molecule has 132 valence electrons. The number of alkyl halides is 3. The average molecular weight is 358 g/mol. The van der Waals surface area contributed by atoms with E-state index < -0.39 is 11.9 Å². The highest BCUT2D eigenvalue weighted by atomic mass is 19.4. The summed E-state index contributed by atoms with van der Waals surface area (Å²) in [4.78, 5) is 7.79. The van der Waals surface area contributed by atoms with E-state index in [0.717, 1.165) is 6.07 Å². The summed E-state index contributed by atoms with van der Waals surface area (Å²) in [6, 6.07) is 15.0. The topological polar surface area (TPSA) is 84.4 Å². The van der Waals surface area contributed by atoms with E-state index in [1.165, 1.54) is 12.1 Å². The molecule has 1 aromatic heterocycles. The minimum absolute atomic E-state index is 0.0758. The van der Waals surface area contributed by atoms with Crippen molar-refractivity contribution in [3.05, 3.63) is 77.6 Å². The molecule has 0 fully saturated rings. The Hall–Kier alpha value is -3.42. The third kappa shape index (κ3) is 3.49. The van der Waals surface area contributed by atoms with Crippen molar-refractivity contribution in [2.45, 2.75) is 6.18 Å². The number of hydrazone groups is 1. The molecule has 0 aliphatic carbocycles. The van der Waals surface area contributed by atoms with Crippen LogP contribution in [0.5, 0.6) is 5.75 Å². The van der Waals surface area contributed by atoms with Crippen molar-refractivity contribution in [2.75, 3.05) is 0 Å². The molecule has 5 nitrogen and oxygen atoms in total. The summed E-state index contributed by atoms with van der Waals surface area (Å²) in [5, 5.41) is 13.5. The number of hydrogen-bond acceptors (Lipinski definition) is 5. The van der Waals surface area contributed by atoms with Crippen molar-refractivity contribution in [3.63, 3.8) is 0 Å². The lowest BCUT2D eigenvalue weighted by atomic mass is 10.0. The highest BCUT2D eigenvalue weighted by Gasteiger charge is 2.34. The zero-order valence-corrected chi connectivity index (χ0v) is 13.3. The first kappa shape index (κ1) is 17.4. The van der Waals surface area contributed by atoms with Crippen LogP contribution in [0.1, 0.15) is 17.0 Å². The number of rotatable bonds is 3. The van der Waals surface area contributed by atoms with Gasteiger partial charge in [-0.05, 0) is 18.2 Å². The van der Waals surface area contributed by atoms with E-state index in [0.29, 0.717) is 5.56 Å². The Morgan fingerprint density at radius 1 is 0.962 bits per heavy atom. The van der Waals surface area contributed by atoms with Gasteiger partial charge in [-0.3, -0.25) is 0 Å². The van der Waals surface area contributed by atoms with E-state index in [1.54, 1.807) is 42.5 Å². The summed E-state index contributed by atoms with van der Waals surface area (Å²) in [7, 11) is 0. The molecule has 3 N–H and O–H groups in total. The first-order valence-electron chi connectivity index (χ1n) is 7.48. The van der Waals surface area contributed by atoms with Gasteiger partial charge >= 0.3 is 6.18 Å². The second kappa shape index (κ2) is 6.83. The summed E-state index contributed by atoms with van der Waals surface area (Å²) in [5.41, 5.74) is -0.768. The largest absolute Gasteiger partial charge is 0.507 e. The molecule has 0 unspecified atom stereocenters. The van der Waals surface area contributed by atoms with Gasteiger partial charge in [-0.15, -0.1) is 0 Å². The molecular formula is C18H13F3N4O. The molecule has 0 saturated carbocycles. The fourth-order valence-electron chi connectivity index (χ4n) is 2.38. The second-order valence-electron chi connectivity index (χ2n) is 5.32. The molecule has 0 aliphatic rings. The molecule has 1 heterocycles. The highest BCUT2D eigenvalue weighted by molar-refractivity contribution is 6.13. The van der Waals surface area contributed by atoms with E-state index in [9.17, 15) is 18.3 Å². The van der Waals surface area contributed by atoms with Gasteiger partial charge in [-0.2, -0.15) is 18.3 Å². The van der Waals surface area contributed by atoms with Gasteiger partial charge in [0.05, 0.1) is 5.69 Å². The van der Waals surface area contributed by atoms with Crippen LogP contribution in [0, 0.1) is 0 Å². The Kier molecular flexibility index (Phi) is 4.57. The Morgan fingerprint density at radius 2 is 1.62 bits per heavy atom. The monoisotopic (exact) mass is 358 g/mol. The van der Waals surface area contributed by atoms with Gasteiger partial charge < -0.3 is 10.9 Å². The van der Waals surface area contributed by atoms with Gasteiger partial charge in [0.1, 0.15) is 17.2 Å². The number of para-hydroxylation sites is 1. The first-order chi connectivity index (χ1) is 12.4. The number of nitrogens with two attached hydrogens (primary N) is 1. The normalized spacial score (nSPS) is 12.2. The molecule has 0 spiro atoms. The lowest BCUT2D eigenvalue weighted by Crippen LogP contribution is -2.15. The zero-order chi connectivity index (χ0) is 18.7. The minimum Gasteiger partial charge on any atom is -0.507 e. The number of aromatic hydroxyl groups is 1. The maximum Gasteiger partial charge on any atom is 0.433 e. The number of nitrogens with zero attached hydrogens (tertiary/aromatic N) is 3. The van der Waals surface area contributed by atoms with E-state index in [4.69, 9.17) is 5.84 Å². The third-order valence-corrected chi connectivity index (χ3v) is 3.58. The summed E-state index contributed by atoms with van der Waals surface area (Å²) in [6.07, 6.45) is -4.68. The van der Waals surface area contributed by atoms with Crippen molar-refractivity contribution in [3.8, 4) is 17.1 Å². The fraction of sp³-hybridized carbons (Fsp3) is 0.0556. The standard InChI is InChI=1S/C18H13F3N4O/c19-18(20,21)15-10-13(16(25-22)12-8-4-5-9-14(12)26)23-17(24-15)11-6-2-1-3-7-11/h1-10,26H,22H2/b25-16+. The van der Waals surface area contributed by atoms with Crippen LogP contribution in [0.25, 0.3) is 11.4 Å². The Bertz CT molecular complexity index is 956. The molecule has 0 aliphatic heterocycles. The van der Waals surface area contributed by atoms with Gasteiger partial charge in [-0.25, -0.2) is 9.97 Å². The van der Waals surface area contributed by atoms with E-state index in [-0.39, 0.29) is 28.5 Å². The molecule has 0 saturated heterocycles. The Balaban J connectivity index is 2.22. The van der Waals surface area contributed by atoms with Gasteiger partial charge in [0.2, 0.25) is 0 Å². The first-order valence-corrected chi connectivity index (χ1v) is 7.48. The van der Waals surface area contributed by atoms with E-state index >= 15 is 0 Å². The highest BCUT2D eigenvalue weighted by Crippen LogP contribution is 2.31. The van der Waals surface area contributed by atoms with Crippen molar-refractivity contribution >= 4 is 5.71 Å². The molecule has 26 heavy (non-hydrogen) atoms. The van der Waals surface area contributed by atoms with Gasteiger partial charge in [-0.1, -0.05) is 42.5 Å². The van der Waals surface area contributed by atoms with Gasteiger partial charge in [0.25, 0.3) is 0 Å². The van der Waals surface area contributed by atoms with Crippen molar-refractivity contribution in [1.29, 1.82) is 0 Å². The predicted molar refractivity (Wildman–Crippen MR) is 90.4 cm³/mol. The SMILES string of the molecule is N/N=C(/c1cc(C(F)(F)F)nc(-c2ccccc2)n1)c1ccccc1O. The molecular weight excluding hydrogens is 345 g/mol. The van der Waals surface area contributed by atoms with E-state index in [2.05, 4.69) is 15.1 Å². The van der Waals surface area contributed by atoms with Crippen LogP contribution in [0.15, 0.2) is 65.8 Å². The molecule has 2 aromatic carbocycles. The number of aromatic nitrogens is 2. The Morgan fingerprint density at radius 3 is 2.23 bits per heavy atom. The molecule has 3 rings (SSSR count). The zero-order valence-electron chi connectivity index (χ0n) is 13.3. The summed E-state index contributed by atoms with van der Waals surface area (Å²) < 4.78 is 39.9. The second-order valence-corrected chi connectivity index (χ2v) is 5.32. The quantitative estimate of drug-likeness (QED) is 0.426. The summed E-state index contributed by atoms with van der Waals surface area (Å²) in [6.45, 7) is 0. The molecule has 3 aromatic rings. The van der Waals surface area contributed by atoms with Gasteiger partial charge in [0.15, 0.2) is 5.82 Å². The summed E-state index contributed by atoms with van der Waals surface area (Å²) >= 11 is 0. The van der Waals surface area contributed by atoms with Crippen LogP contribution < -0.4 is 5.84 Å². The molecule has 0 radical (unpaired) electrons. The van der Waals surface area contributed by atoms with Crippen molar-refractivity contribution in [2.24, 2.45) is 10.9 Å². The molecule has 0 bridgehead atoms. The van der Waals surface area contributed by atoms with Crippen LogP contribution in [0.2, 0.25) is 0 Å². The van der Waals surface area contributed by atoms with Crippen LogP contribution in [0.4, 0.5) is 13.2 Å². The number of phenolic OH excluding ortho intramolecular Hbond substituents is 1. The predicted octanol–water partition coefficient (Wildman–Crippen LogP) is 3.58. The smallest absolute Gasteiger partial charge is 0.433 e. The van der Waals surface area contributed by atoms with Crippen LogP contribution in [0.3, 0.4) is 0 Å². The number of hydrogen-bond donors (Lipinski definition) is 2. The maximum atomic E-state index is 13.3. The average Bonchev–Trinajstić information content (AvgIpc) is 2.64. The van der Waals surface area contributed by atoms with Crippen LogP contribution >= 0.6 is 0 Å². The molecule has 0 atom stereocenters. The van der Waals surface area contributed by atoms with E-state index in [1.807, 2.05) is 0 Å². The van der Waals surface area contributed by atoms with Gasteiger partial charge in [0, 0.05) is 11.1 Å². The number of halogens is 3.